The number of nitrogens with one attached hydrogen (secondary N) is 2. The summed E-state index contributed by atoms with van der Waals surface area (Å²) in [6, 6.07) is 16.1. The number of hydrogen-bond donors (Lipinski definition) is 2. The normalized spacial score (nSPS) is 26.5. The second-order valence-corrected chi connectivity index (χ2v) is 10.8. The maximum absolute atomic E-state index is 13.9. The first kappa shape index (κ1) is 22.1. The summed E-state index contributed by atoms with van der Waals surface area (Å²) in [5.41, 5.74) is 4.99. The van der Waals surface area contributed by atoms with Gasteiger partial charge >= 0.3 is 6.03 Å². The van der Waals surface area contributed by atoms with Crippen LogP contribution in [0.4, 0.5) is 10.5 Å². The molecule has 2 N–H and O–H groups in total. The number of urea groups is 1. The van der Waals surface area contributed by atoms with E-state index in [1.165, 1.54) is 11.1 Å². The van der Waals surface area contributed by atoms with Gasteiger partial charge in [-0.25, -0.2) is 9.78 Å². The third kappa shape index (κ3) is 3.85. The number of hydrogen-bond acceptors (Lipinski definition) is 3. The van der Waals surface area contributed by atoms with Crippen LogP contribution in [0.1, 0.15) is 68.5 Å². The number of carbonyl (C=O) groups is 2. The maximum Gasteiger partial charge on any atom is 0.319 e. The van der Waals surface area contributed by atoms with Crippen LogP contribution in [0.2, 0.25) is 0 Å². The van der Waals surface area contributed by atoms with Crippen LogP contribution in [0.25, 0.3) is 11.3 Å². The largest absolute Gasteiger partial charge is 0.332 e. The van der Waals surface area contributed by atoms with Crippen LogP contribution >= 0.6 is 0 Å². The Balaban J connectivity index is 1.14. The number of nitrogens with zero attached hydrogens (tertiary/aromatic N) is 2. The van der Waals surface area contributed by atoms with E-state index in [0.29, 0.717) is 12.2 Å². The zero-order valence-electron chi connectivity index (χ0n) is 20.2. The molecule has 6 heteroatoms. The van der Waals surface area contributed by atoms with Gasteiger partial charge in [-0.05, 0) is 63.1 Å². The van der Waals surface area contributed by atoms with Gasteiger partial charge in [0.15, 0.2) is 0 Å². The molecule has 7 rings (SSSR count). The van der Waals surface area contributed by atoms with E-state index >= 15 is 0 Å². The second kappa shape index (κ2) is 8.36. The van der Waals surface area contributed by atoms with Crippen molar-refractivity contribution in [3.8, 4) is 11.3 Å². The predicted octanol–water partition coefficient (Wildman–Crippen LogP) is 6.03. The molecule has 3 aromatic rings. The van der Waals surface area contributed by atoms with Gasteiger partial charge in [-0.1, -0.05) is 48.4 Å². The Morgan fingerprint density at radius 3 is 2.57 bits per heavy atom. The number of carbonyl (C=O) groups excluding carboxylic acids is 2. The van der Waals surface area contributed by atoms with E-state index in [1.54, 1.807) is 0 Å². The second-order valence-electron chi connectivity index (χ2n) is 10.8. The molecule has 6 nitrogen and oxygen atoms in total. The molecule has 0 saturated heterocycles. The Kier molecular flexibility index (Phi) is 5.28. The van der Waals surface area contributed by atoms with E-state index in [9.17, 15) is 9.59 Å². The van der Waals surface area contributed by atoms with Crippen LogP contribution in [0, 0.1) is 12.3 Å². The number of anilines is 1. The molecule has 1 atom stereocenters. The van der Waals surface area contributed by atoms with Gasteiger partial charge in [-0.2, -0.15) is 0 Å². The molecule has 3 aliphatic carbocycles. The van der Waals surface area contributed by atoms with Gasteiger partial charge in [0.25, 0.3) is 0 Å². The Hall–Kier alpha value is -3.41. The number of benzene rings is 2. The molecule has 2 heterocycles. The van der Waals surface area contributed by atoms with Crippen LogP contribution in [0.5, 0.6) is 0 Å². The minimum Gasteiger partial charge on any atom is -0.332 e. The third-order valence-corrected chi connectivity index (χ3v) is 8.73. The Bertz CT molecular complexity index is 1270. The fraction of sp³-hybridized carbons (Fsp3) is 0.414. The van der Waals surface area contributed by atoms with Crippen LogP contribution in [-0.4, -0.2) is 26.9 Å². The summed E-state index contributed by atoms with van der Waals surface area (Å²) in [6.07, 6.45) is 10.5. The Labute approximate surface area is 206 Å². The fourth-order valence-electron chi connectivity index (χ4n) is 6.65. The molecule has 0 radical (unpaired) electrons. The number of fused-ring (bicyclic) bond motifs is 7. The van der Waals surface area contributed by atoms with Crippen LogP contribution < -0.4 is 10.6 Å². The van der Waals surface area contributed by atoms with E-state index in [1.807, 2.05) is 49.8 Å². The predicted molar refractivity (Wildman–Crippen MR) is 136 cm³/mol. The Morgan fingerprint density at radius 1 is 1.00 bits per heavy atom. The quantitative estimate of drug-likeness (QED) is 0.480. The monoisotopic (exact) mass is 468 g/mol. The molecule has 2 amide bonds. The molecule has 0 spiro atoms. The van der Waals surface area contributed by atoms with Crippen molar-refractivity contribution in [2.75, 3.05) is 5.32 Å². The van der Waals surface area contributed by atoms with E-state index < -0.39 is 0 Å². The molecule has 2 bridgehead atoms. The average molecular weight is 469 g/mol. The molecule has 1 unspecified atom stereocenters. The summed E-state index contributed by atoms with van der Waals surface area (Å²) < 4.78 is 2.17. The van der Waals surface area contributed by atoms with Crippen molar-refractivity contribution in [3.63, 3.8) is 0 Å². The number of ketones is 1. The lowest BCUT2D eigenvalue weighted by atomic mass is 9.65. The van der Waals surface area contributed by atoms with Gasteiger partial charge in [0.05, 0.1) is 24.3 Å². The van der Waals surface area contributed by atoms with E-state index in [0.717, 1.165) is 61.9 Å². The lowest BCUT2D eigenvalue weighted by molar-refractivity contribution is -0.131. The minimum atomic E-state index is -0.270. The van der Waals surface area contributed by atoms with Crippen LogP contribution in [-0.2, 0) is 4.79 Å². The lowest BCUT2D eigenvalue weighted by Gasteiger charge is -2.42. The summed E-state index contributed by atoms with van der Waals surface area (Å²) in [5.74, 6) is 0.374. The van der Waals surface area contributed by atoms with Crippen molar-refractivity contribution in [2.45, 2.75) is 69.9 Å². The highest BCUT2D eigenvalue weighted by Crippen LogP contribution is 2.52. The van der Waals surface area contributed by atoms with Gasteiger partial charge in [0.1, 0.15) is 5.78 Å². The van der Waals surface area contributed by atoms with Crippen molar-refractivity contribution >= 4 is 17.5 Å². The van der Waals surface area contributed by atoms with E-state index in [4.69, 9.17) is 0 Å². The summed E-state index contributed by atoms with van der Waals surface area (Å²) in [4.78, 5) is 31.1. The number of aryl methyl sites for hydroxylation is 1. The van der Waals surface area contributed by atoms with Crippen molar-refractivity contribution in [2.24, 2.45) is 5.41 Å². The summed E-state index contributed by atoms with van der Waals surface area (Å²) in [7, 11) is 0. The lowest BCUT2D eigenvalue weighted by Crippen LogP contribution is -2.52. The van der Waals surface area contributed by atoms with Crippen molar-refractivity contribution < 1.29 is 9.59 Å². The first-order chi connectivity index (χ1) is 17.0. The minimum absolute atomic E-state index is 0.0268. The van der Waals surface area contributed by atoms with Gasteiger partial charge in [-0.15, -0.1) is 0 Å². The number of Topliss-reactive ketones (excluding diaryl/α,β-unsaturated/α-hetero) is 1. The highest BCUT2D eigenvalue weighted by atomic mass is 16.2. The van der Waals surface area contributed by atoms with Crippen molar-refractivity contribution in [1.29, 1.82) is 0 Å². The van der Waals surface area contributed by atoms with Crippen molar-refractivity contribution in [1.82, 2.24) is 14.9 Å². The molecular formula is C29H32N4O2. The molecule has 1 aliphatic heterocycles. The first-order valence-corrected chi connectivity index (χ1v) is 12.8. The summed E-state index contributed by atoms with van der Waals surface area (Å²) in [5, 5.41) is 6.29. The molecule has 1 aromatic heterocycles. The smallest absolute Gasteiger partial charge is 0.319 e. The maximum atomic E-state index is 13.9. The molecule has 3 fully saturated rings. The number of amides is 2. The molecule has 2 aromatic carbocycles. The van der Waals surface area contributed by atoms with Gasteiger partial charge in [0.2, 0.25) is 0 Å². The van der Waals surface area contributed by atoms with Gasteiger partial charge in [0, 0.05) is 28.6 Å². The molecule has 180 valence electrons. The molecule has 35 heavy (non-hydrogen) atoms. The number of imidazole rings is 1. The number of rotatable bonds is 5. The molecule has 3 saturated carbocycles. The van der Waals surface area contributed by atoms with E-state index in [-0.39, 0.29) is 23.0 Å². The van der Waals surface area contributed by atoms with E-state index in [2.05, 4.69) is 38.4 Å². The van der Waals surface area contributed by atoms with Crippen molar-refractivity contribution in [3.05, 3.63) is 72.2 Å². The highest BCUT2D eigenvalue weighted by Gasteiger charge is 2.50. The highest BCUT2D eigenvalue weighted by molar-refractivity contribution is 5.90. The SMILES string of the molecule is Cc1ccc(NC(=O)NC23CCCC(C(=O)CC4c5ccccc5-c5cncn54)(CC2)CC3)cc1. The fourth-order valence-corrected chi connectivity index (χ4v) is 6.65. The summed E-state index contributed by atoms with van der Waals surface area (Å²) in [6.45, 7) is 2.03. The topological polar surface area (TPSA) is 76.0 Å². The van der Waals surface area contributed by atoms with Crippen LogP contribution in [0.3, 0.4) is 0 Å². The Morgan fingerprint density at radius 2 is 1.77 bits per heavy atom. The van der Waals surface area contributed by atoms with Gasteiger partial charge in [-0.3, -0.25) is 4.79 Å². The summed E-state index contributed by atoms with van der Waals surface area (Å²) >= 11 is 0. The van der Waals surface area contributed by atoms with Crippen LogP contribution in [0.15, 0.2) is 61.1 Å². The van der Waals surface area contributed by atoms with Gasteiger partial charge < -0.3 is 15.2 Å². The third-order valence-electron chi connectivity index (χ3n) is 8.73. The molecular weight excluding hydrogens is 436 g/mol. The first-order valence-electron chi connectivity index (χ1n) is 12.8. The standard InChI is InChI=1S/C29H32N4O2/c1-20-7-9-21(10-8-20)31-27(35)32-29-12-4-11-28(13-15-29,14-16-29)26(34)17-24-22-5-2-3-6-23(22)25-18-30-19-33(24)25/h2-3,5-10,18-19,24H,4,11-17H2,1H3,(H2,31,32,35). The number of aromatic nitrogens is 2. The zero-order chi connectivity index (χ0) is 24.0. The molecule has 4 aliphatic rings. The average Bonchev–Trinajstić information content (AvgIpc) is 3.33. The zero-order valence-corrected chi connectivity index (χ0v) is 20.2.